The molecule has 0 bridgehead atoms. The molecule has 41 heavy (non-hydrogen) atoms. The van der Waals surface area contributed by atoms with E-state index in [0.717, 1.165) is 0 Å². The summed E-state index contributed by atoms with van der Waals surface area (Å²) in [6, 6.07) is 3.20. The van der Waals surface area contributed by atoms with Crippen molar-refractivity contribution < 1.29 is 52.7 Å². The second-order valence-electron chi connectivity index (χ2n) is 10.9. The zero-order valence-electron chi connectivity index (χ0n) is 25.5. The van der Waals surface area contributed by atoms with Crippen molar-refractivity contribution in [2.45, 2.75) is 117 Å². The molecule has 3 atom stereocenters. The zero-order valence-corrected chi connectivity index (χ0v) is 25.5. The SMILES string of the molecule is CCC(C)OC(=O)OC(C)CN[C@@H](Cc1ccc(OC(=O)OC(C)(C)CC)c(OC(=O)OC(C)(C)CC)c1)C(=O)O. The van der Waals surface area contributed by atoms with Crippen molar-refractivity contribution in [1.29, 1.82) is 0 Å². The number of nitrogens with one attached hydrogen (secondary N) is 1. The Balaban J connectivity index is 3.08. The lowest BCUT2D eigenvalue weighted by molar-refractivity contribution is -0.139. The van der Waals surface area contributed by atoms with Gasteiger partial charge in [0.2, 0.25) is 0 Å². The van der Waals surface area contributed by atoms with Gasteiger partial charge in [-0.05, 0) is 84.9 Å². The number of rotatable bonds is 15. The summed E-state index contributed by atoms with van der Waals surface area (Å²) in [5, 5.41) is 12.6. The third kappa shape index (κ3) is 13.6. The number of benzene rings is 1. The van der Waals surface area contributed by atoms with Crippen molar-refractivity contribution in [2.75, 3.05) is 6.54 Å². The minimum absolute atomic E-state index is 0.0363. The van der Waals surface area contributed by atoms with Crippen molar-refractivity contribution in [3.05, 3.63) is 23.8 Å². The van der Waals surface area contributed by atoms with E-state index >= 15 is 0 Å². The van der Waals surface area contributed by atoms with Gasteiger partial charge in [-0.15, -0.1) is 0 Å². The Morgan fingerprint density at radius 3 is 1.80 bits per heavy atom. The summed E-state index contributed by atoms with van der Waals surface area (Å²) in [5.41, 5.74) is -1.14. The maximum Gasteiger partial charge on any atom is 0.514 e. The lowest BCUT2D eigenvalue weighted by Crippen LogP contribution is -2.42. The van der Waals surface area contributed by atoms with Crippen LogP contribution in [0, 0.1) is 0 Å². The quantitative estimate of drug-likeness (QED) is 0.141. The minimum Gasteiger partial charge on any atom is -0.480 e. The highest BCUT2D eigenvalue weighted by atomic mass is 16.8. The first-order valence-electron chi connectivity index (χ1n) is 13.8. The van der Waals surface area contributed by atoms with Crippen molar-refractivity contribution in [2.24, 2.45) is 0 Å². The largest absolute Gasteiger partial charge is 0.514 e. The van der Waals surface area contributed by atoms with Crippen LogP contribution < -0.4 is 14.8 Å². The highest BCUT2D eigenvalue weighted by Crippen LogP contribution is 2.31. The summed E-state index contributed by atoms with van der Waals surface area (Å²) in [7, 11) is 0. The maximum absolute atomic E-state index is 12.5. The Kier molecular flexibility index (Phi) is 13.9. The van der Waals surface area contributed by atoms with E-state index in [0.29, 0.717) is 24.8 Å². The molecule has 232 valence electrons. The minimum atomic E-state index is -1.16. The first-order chi connectivity index (χ1) is 19.0. The van der Waals surface area contributed by atoms with Crippen molar-refractivity contribution in [3.63, 3.8) is 0 Å². The number of aliphatic carboxylic acids is 1. The van der Waals surface area contributed by atoms with E-state index in [2.05, 4.69) is 5.32 Å². The van der Waals surface area contributed by atoms with Gasteiger partial charge in [0.15, 0.2) is 11.5 Å². The highest BCUT2D eigenvalue weighted by Gasteiger charge is 2.27. The monoisotopic (exact) mass is 583 g/mol. The predicted octanol–water partition coefficient (Wildman–Crippen LogP) is 6.02. The van der Waals surface area contributed by atoms with Crippen molar-refractivity contribution in [1.82, 2.24) is 5.32 Å². The molecule has 0 heterocycles. The summed E-state index contributed by atoms with van der Waals surface area (Å²) in [4.78, 5) is 48.7. The fourth-order valence-electron chi connectivity index (χ4n) is 2.93. The second kappa shape index (κ2) is 16.0. The van der Waals surface area contributed by atoms with E-state index in [4.69, 9.17) is 28.4 Å². The Hall–Kier alpha value is -3.54. The molecule has 12 heteroatoms. The molecule has 1 aromatic carbocycles. The van der Waals surface area contributed by atoms with E-state index < -0.39 is 47.8 Å². The Labute approximate surface area is 241 Å². The third-order valence-electron chi connectivity index (χ3n) is 6.38. The van der Waals surface area contributed by atoms with Crippen LogP contribution in [0.1, 0.15) is 87.1 Å². The van der Waals surface area contributed by atoms with E-state index in [1.165, 1.54) is 18.2 Å². The van der Waals surface area contributed by atoms with Crippen LogP contribution in [0.2, 0.25) is 0 Å². The highest BCUT2D eigenvalue weighted by molar-refractivity contribution is 5.74. The average Bonchev–Trinajstić information content (AvgIpc) is 2.86. The number of ether oxygens (including phenoxy) is 6. The van der Waals surface area contributed by atoms with E-state index in [1.807, 2.05) is 20.8 Å². The second-order valence-corrected chi connectivity index (χ2v) is 10.9. The average molecular weight is 584 g/mol. The van der Waals surface area contributed by atoms with Crippen LogP contribution in [0.25, 0.3) is 0 Å². The predicted molar refractivity (Wildman–Crippen MR) is 149 cm³/mol. The van der Waals surface area contributed by atoms with Crippen LogP contribution >= 0.6 is 0 Å². The molecule has 0 aliphatic rings. The molecule has 0 spiro atoms. The molecule has 0 amide bonds. The molecule has 1 rings (SSSR count). The first kappa shape index (κ1) is 35.5. The number of carboxylic acids is 1. The lowest BCUT2D eigenvalue weighted by atomic mass is 10.0. The molecule has 0 aromatic heterocycles. The number of carboxylic acid groups (broad SMARTS) is 1. The van der Waals surface area contributed by atoms with Gasteiger partial charge in [-0.1, -0.05) is 26.8 Å². The van der Waals surface area contributed by atoms with Crippen LogP contribution in [0.4, 0.5) is 14.4 Å². The third-order valence-corrected chi connectivity index (χ3v) is 6.38. The van der Waals surface area contributed by atoms with Gasteiger partial charge in [0.1, 0.15) is 29.5 Å². The van der Waals surface area contributed by atoms with Crippen LogP contribution in [0.3, 0.4) is 0 Å². The summed E-state index contributed by atoms with van der Waals surface area (Å²) < 4.78 is 31.6. The Morgan fingerprint density at radius 1 is 0.805 bits per heavy atom. The molecular weight excluding hydrogens is 538 g/mol. The van der Waals surface area contributed by atoms with Gasteiger partial charge in [-0.2, -0.15) is 0 Å². The molecule has 0 saturated carbocycles. The van der Waals surface area contributed by atoms with Gasteiger partial charge in [0.05, 0.1) is 0 Å². The molecule has 2 unspecified atom stereocenters. The number of carbonyl (C=O) groups is 4. The maximum atomic E-state index is 12.5. The molecule has 1 aromatic rings. The van der Waals surface area contributed by atoms with Crippen LogP contribution in [-0.4, -0.2) is 65.5 Å². The number of hydrogen-bond donors (Lipinski definition) is 2. The molecule has 12 nitrogen and oxygen atoms in total. The van der Waals surface area contributed by atoms with Gasteiger partial charge in [-0.3, -0.25) is 4.79 Å². The lowest BCUT2D eigenvalue weighted by Gasteiger charge is -2.24. The van der Waals surface area contributed by atoms with E-state index in [9.17, 15) is 24.3 Å². The summed E-state index contributed by atoms with van der Waals surface area (Å²) in [6.45, 7) is 15.8. The first-order valence-corrected chi connectivity index (χ1v) is 13.8. The van der Waals surface area contributed by atoms with Gasteiger partial charge in [0, 0.05) is 6.54 Å². The van der Waals surface area contributed by atoms with Crippen molar-refractivity contribution >= 4 is 24.4 Å². The van der Waals surface area contributed by atoms with Gasteiger partial charge in [-0.25, -0.2) is 14.4 Å². The molecule has 0 aliphatic carbocycles. The van der Waals surface area contributed by atoms with Crippen LogP contribution in [-0.2, 0) is 30.2 Å². The van der Waals surface area contributed by atoms with Crippen LogP contribution in [0.15, 0.2) is 18.2 Å². The number of hydrogen-bond acceptors (Lipinski definition) is 11. The summed E-state index contributed by atoms with van der Waals surface area (Å²) in [5.74, 6) is -1.42. The fourth-order valence-corrected chi connectivity index (χ4v) is 2.93. The normalized spacial score (nSPS) is 13.8. The van der Waals surface area contributed by atoms with E-state index in [1.54, 1.807) is 41.5 Å². The molecule has 0 fully saturated rings. The summed E-state index contributed by atoms with van der Waals surface area (Å²) in [6.07, 6.45) is -2.18. The van der Waals surface area contributed by atoms with Gasteiger partial charge >= 0.3 is 24.4 Å². The zero-order chi connectivity index (χ0) is 31.4. The van der Waals surface area contributed by atoms with Gasteiger partial charge < -0.3 is 38.8 Å². The molecule has 0 radical (unpaired) electrons. The number of carbonyl (C=O) groups excluding carboxylic acids is 3. The van der Waals surface area contributed by atoms with Crippen LogP contribution in [0.5, 0.6) is 11.5 Å². The van der Waals surface area contributed by atoms with Gasteiger partial charge in [0.25, 0.3) is 0 Å². The smallest absolute Gasteiger partial charge is 0.480 e. The fraction of sp³-hybridized carbons (Fsp3) is 0.655. The Morgan fingerprint density at radius 2 is 1.32 bits per heavy atom. The standard InChI is InChI=1S/C29H45NO11/c1-10-18(4)36-25(33)37-19(5)17-30-21(24(31)32)15-20-13-14-22(38-26(34)40-28(6,7)11-2)23(16-20)39-27(35)41-29(8,9)12-3/h13-14,16,18-19,21,30H,10-12,15,17H2,1-9H3,(H,31,32)/t18?,19?,21-/m0/s1. The van der Waals surface area contributed by atoms with E-state index in [-0.39, 0.29) is 30.6 Å². The molecule has 0 aliphatic heterocycles. The molecule has 2 N–H and O–H groups in total. The Bertz CT molecular complexity index is 1040. The topological polar surface area (TPSA) is 156 Å². The molecular formula is C29H45NO11. The van der Waals surface area contributed by atoms with Crippen molar-refractivity contribution in [3.8, 4) is 11.5 Å². The molecule has 0 saturated heterocycles. The summed E-state index contributed by atoms with van der Waals surface area (Å²) >= 11 is 0.